The van der Waals surface area contributed by atoms with Crippen molar-refractivity contribution in [3.05, 3.63) is 0 Å². The number of carbonyl (C=O) groups is 1. The number of carboxylic acids is 1. The molecule has 6 heteroatoms. The lowest BCUT2D eigenvalue weighted by atomic mass is 10.2. The fraction of sp³-hybridized carbons (Fsp3) is 0.750. The summed E-state index contributed by atoms with van der Waals surface area (Å²) in [7, 11) is 0. The van der Waals surface area contributed by atoms with Gasteiger partial charge in [-0.1, -0.05) is 0 Å². The molecule has 0 aromatic rings. The lowest BCUT2D eigenvalue weighted by Gasteiger charge is -2.07. The van der Waals surface area contributed by atoms with Crippen LogP contribution in [0.1, 0.15) is 6.42 Å². The van der Waals surface area contributed by atoms with E-state index in [0.29, 0.717) is 0 Å². The van der Waals surface area contributed by atoms with Crippen LogP contribution < -0.4 is 3.53 Å². The number of hydrogen-bond acceptors (Lipinski definition) is 2. The Morgan fingerprint density at radius 3 is 2.30 bits per heavy atom. The van der Waals surface area contributed by atoms with Gasteiger partial charge in [-0.15, -0.1) is 0 Å². The zero-order valence-corrected chi connectivity index (χ0v) is 7.01. The second-order valence-corrected chi connectivity index (χ2v) is 2.25. The molecule has 0 aliphatic rings. The van der Waals surface area contributed by atoms with Gasteiger partial charge in [0, 0.05) is 29.3 Å². The highest BCUT2D eigenvalue weighted by Gasteiger charge is 2.20. The molecule has 0 fully saturated rings. The summed E-state index contributed by atoms with van der Waals surface area (Å²) in [6.45, 7) is 0. The van der Waals surface area contributed by atoms with E-state index in [4.69, 9.17) is 5.11 Å². The number of nitrogens with one attached hydrogen (secondary N) is 1. The van der Waals surface area contributed by atoms with Gasteiger partial charge >= 0.3 is 5.97 Å². The quantitative estimate of drug-likeness (QED) is 0.589. The van der Waals surface area contributed by atoms with Crippen LogP contribution >= 0.6 is 22.9 Å². The Morgan fingerprint density at radius 1 is 1.70 bits per heavy atom. The second kappa shape index (κ2) is 4.78. The Kier molecular flexibility index (Phi) is 4.79. The molecule has 0 saturated carbocycles. The number of hydrogen-bond donors (Lipinski definition) is 2. The molecule has 0 heterocycles. The number of halogens is 3. The fourth-order valence-electron chi connectivity index (χ4n) is 0.370. The third-order valence-corrected chi connectivity index (χ3v) is 1.60. The van der Waals surface area contributed by atoms with E-state index in [2.05, 4.69) is 3.53 Å². The largest absolute Gasteiger partial charge is 0.480 e. The van der Waals surface area contributed by atoms with Crippen molar-refractivity contribution in [3.8, 4) is 0 Å². The first-order chi connectivity index (χ1) is 4.57. The molecule has 0 aromatic heterocycles. The van der Waals surface area contributed by atoms with Gasteiger partial charge < -0.3 is 5.11 Å². The summed E-state index contributed by atoms with van der Waals surface area (Å²) in [5, 5.41) is 8.22. The van der Waals surface area contributed by atoms with Gasteiger partial charge in [-0.05, 0) is 0 Å². The third kappa shape index (κ3) is 3.94. The van der Waals surface area contributed by atoms with Gasteiger partial charge in [-0.3, -0.25) is 4.79 Å². The molecule has 0 aliphatic carbocycles. The molecular weight excluding hydrogens is 259 g/mol. The molecule has 0 aromatic carbocycles. The molecular formula is C4H6F2INO2. The first kappa shape index (κ1) is 10.0. The third-order valence-electron chi connectivity index (χ3n) is 0.844. The molecule has 0 spiro atoms. The first-order valence-corrected chi connectivity index (χ1v) is 3.53. The zero-order chi connectivity index (χ0) is 8.15. The van der Waals surface area contributed by atoms with Gasteiger partial charge in [0.2, 0.25) is 6.43 Å². The van der Waals surface area contributed by atoms with E-state index in [-0.39, 0.29) is 0 Å². The van der Waals surface area contributed by atoms with Crippen LogP contribution in [-0.4, -0.2) is 23.5 Å². The normalized spacial score (nSPS) is 13.6. The molecule has 3 nitrogen and oxygen atoms in total. The Bertz CT molecular complexity index is 122. The Labute approximate surface area is 70.3 Å². The topological polar surface area (TPSA) is 49.3 Å². The van der Waals surface area contributed by atoms with Gasteiger partial charge in [0.25, 0.3) is 0 Å². The Hall–Kier alpha value is 0.0200. The van der Waals surface area contributed by atoms with Crippen molar-refractivity contribution in [1.82, 2.24) is 3.53 Å². The van der Waals surface area contributed by atoms with Crippen LogP contribution in [0.25, 0.3) is 0 Å². The number of aliphatic carboxylic acids is 1. The monoisotopic (exact) mass is 265 g/mol. The summed E-state index contributed by atoms with van der Waals surface area (Å²) < 4.78 is 25.3. The van der Waals surface area contributed by atoms with E-state index in [1.807, 2.05) is 0 Å². The van der Waals surface area contributed by atoms with Crippen molar-refractivity contribution in [3.63, 3.8) is 0 Å². The van der Waals surface area contributed by atoms with Crippen LogP contribution in [0.2, 0.25) is 0 Å². The van der Waals surface area contributed by atoms with Crippen LogP contribution in [0.4, 0.5) is 8.78 Å². The molecule has 60 valence electrons. The van der Waals surface area contributed by atoms with Crippen molar-refractivity contribution in [2.24, 2.45) is 0 Å². The second-order valence-electron chi connectivity index (χ2n) is 1.63. The minimum absolute atomic E-state index is 0.654. The first-order valence-electron chi connectivity index (χ1n) is 2.45. The molecule has 0 radical (unpaired) electrons. The minimum Gasteiger partial charge on any atom is -0.480 e. The highest BCUT2D eigenvalue weighted by atomic mass is 127. The Morgan fingerprint density at radius 2 is 2.20 bits per heavy atom. The van der Waals surface area contributed by atoms with E-state index >= 15 is 0 Å². The zero-order valence-electron chi connectivity index (χ0n) is 4.85. The Balaban J connectivity index is 3.72. The SMILES string of the molecule is O=C(O)C(CC(F)F)NI. The molecule has 0 bridgehead atoms. The average Bonchev–Trinajstić information content (AvgIpc) is 1.81. The van der Waals surface area contributed by atoms with Gasteiger partial charge in [-0.25, -0.2) is 12.3 Å². The number of carboxylic acid groups (broad SMARTS) is 1. The standard InChI is InChI=1S/C4H6F2INO2/c5-3(6)1-2(8-7)4(9)10/h2-3,8H,1H2,(H,9,10). The molecule has 0 rings (SSSR count). The molecule has 0 amide bonds. The maximum absolute atomic E-state index is 11.5. The van der Waals surface area contributed by atoms with Crippen molar-refractivity contribution >= 4 is 28.8 Å². The maximum Gasteiger partial charge on any atom is 0.321 e. The smallest absolute Gasteiger partial charge is 0.321 e. The predicted molar refractivity (Wildman–Crippen MR) is 39.2 cm³/mol. The number of alkyl halides is 2. The molecule has 10 heavy (non-hydrogen) atoms. The van der Waals surface area contributed by atoms with E-state index in [9.17, 15) is 13.6 Å². The van der Waals surface area contributed by atoms with E-state index in [1.165, 1.54) is 22.9 Å². The lowest BCUT2D eigenvalue weighted by Crippen LogP contribution is -2.31. The van der Waals surface area contributed by atoms with Crippen LogP contribution in [0.15, 0.2) is 0 Å². The number of rotatable bonds is 4. The van der Waals surface area contributed by atoms with Gasteiger partial charge in [0.1, 0.15) is 6.04 Å². The van der Waals surface area contributed by atoms with E-state index in [1.54, 1.807) is 0 Å². The van der Waals surface area contributed by atoms with Crippen LogP contribution in [0.3, 0.4) is 0 Å². The summed E-state index contributed by atoms with van der Waals surface area (Å²) in [6, 6.07) is -1.15. The van der Waals surface area contributed by atoms with Gasteiger partial charge in [0.15, 0.2) is 0 Å². The van der Waals surface area contributed by atoms with Crippen LogP contribution in [-0.2, 0) is 4.79 Å². The summed E-state index contributed by atoms with van der Waals surface area (Å²) in [6.07, 6.45) is -3.23. The summed E-state index contributed by atoms with van der Waals surface area (Å²) in [5.74, 6) is -1.25. The highest BCUT2D eigenvalue weighted by molar-refractivity contribution is 14.1. The van der Waals surface area contributed by atoms with Crippen molar-refractivity contribution in [2.45, 2.75) is 18.9 Å². The summed E-state index contributed by atoms with van der Waals surface area (Å²) >= 11 is 1.53. The minimum atomic E-state index is -2.58. The molecule has 2 N–H and O–H groups in total. The fourth-order valence-corrected chi connectivity index (χ4v) is 0.891. The molecule has 1 atom stereocenters. The van der Waals surface area contributed by atoms with E-state index < -0.39 is 24.9 Å². The predicted octanol–water partition coefficient (Wildman–Crippen LogP) is 1.03. The van der Waals surface area contributed by atoms with Crippen molar-refractivity contribution < 1.29 is 18.7 Å². The van der Waals surface area contributed by atoms with Crippen molar-refractivity contribution in [2.75, 3.05) is 0 Å². The average molecular weight is 265 g/mol. The molecule has 1 unspecified atom stereocenters. The summed E-state index contributed by atoms with van der Waals surface area (Å²) in [5.41, 5.74) is 0. The van der Waals surface area contributed by atoms with Gasteiger partial charge in [0.05, 0.1) is 0 Å². The van der Waals surface area contributed by atoms with Gasteiger partial charge in [-0.2, -0.15) is 0 Å². The molecule has 0 saturated heterocycles. The van der Waals surface area contributed by atoms with Crippen LogP contribution in [0.5, 0.6) is 0 Å². The summed E-state index contributed by atoms with van der Waals surface area (Å²) in [4.78, 5) is 10.1. The highest BCUT2D eigenvalue weighted by Crippen LogP contribution is 2.04. The van der Waals surface area contributed by atoms with Crippen LogP contribution in [0, 0.1) is 0 Å². The lowest BCUT2D eigenvalue weighted by molar-refractivity contribution is -0.139. The maximum atomic E-state index is 11.5. The molecule has 0 aliphatic heterocycles. The van der Waals surface area contributed by atoms with Crippen molar-refractivity contribution in [1.29, 1.82) is 0 Å². The van der Waals surface area contributed by atoms with E-state index in [0.717, 1.165) is 0 Å².